The first-order chi connectivity index (χ1) is 8.84. The third kappa shape index (κ3) is 3.62. The Morgan fingerprint density at radius 3 is 2.47 bits per heavy atom. The van der Waals surface area contributed by atoms with Crippen LogP contribution in [-0.4, -0.2) is 41.4 Å². The van der Waals surface area contributed by atoms with Gasteiger partial charge in [0.15, 0.2) is 0 Å². The number of hydrogen-bond donors (Lipinski definition) is 1. The van der Waals surface area contributed by atoms with E-state index in [0.29, 0.717) is 17.9 Å². The highest BCUT2D eigenvalue weighted by molar-refractivity contribution is 5.68. The standard InChI is InChI=1S/C15H27NO3/c1-14(2,3)19-13(18)16-9-8-15(11-16)6-4-12(10-17)5-7-15/h12,17H,4-11H2,1-3H3. The molecule has 110 valence electrons. The number of carbonyl (C=O) groups is 1. The van der Waals surface area contributed by atoms with Gasteiger partial charge in [-0.05, 0) is 64.2 Å². The molecule has 0 aromatic rings. The second-order valence-electron chi connectivity index (χ2n) is 7.28. The maximum atomic E-state index is 12.1. The van der Waals surface area contributed by atoms with Gasteiger partial charge in [0, 0.05) is 19.7 Å². The number of rotatable bonds is 1. The van der Waals surface area contributed by atoms with Crippen LogP contribution in [0.3, 0.4) is 0 Å². The van der Waals surface area contributed by atoms with E-state index in [0.717, 1.165) is 45.2 Å². The van der Waals surface area contributed by atoms with E-state index in [-0.39, 0.29) is 6.09 Å². The molecule has 1 saturated carbocycles. The highest BCUT2D eigenvalue weighted by Gasteiger charge is 2.43. The van der Waals surface area contributed by atoms with E-state index in [1.54, 1.807) is 0 Å². The molecule has 2 aliphatic rings. The zero-order valence-electron chi connectivity index (χ0n) is 12.4. The SMILES string of the molecule is CC(C)(C)OC(=O)N1CCC2(CCC(CO)CC2)C1. The van der Waals surface area contributed by atoms with Gasteiger partial charge < -0.3 is 14.7 Å². The van der Waals surface area contributed by atoms with Gasteiger partial charge in [-0.1, -0.05) is 0 Å². The summed E-state index contributed by atoms with van der Waals surface area (Å²) in [5, 5.41) is 9.21. The second-order valence-corrected chi connectivity index (χ2v) is 7.28. The third-order valence-electron chi connectivity index (χ3n) is 4.51. The first-order valence-electron chi connectivity index (χ1n) is 7.42. The number of carbonyl (C=O) groups excluding carboxylic acids is 1. The Morgan fingerprint density at radius 1 is 1.32 bits per heavy atom. The summed E-state index contributed by atoms with van der Waals surface area (Å²) in [6, 6.07) is 0. The van der Waals surface area contributed by atoms with Crippen molar-refractivity contribution in [3.63, 3.8) is 0 Å². The Bertz CT molecular complexity index is 327. The molecule has 1 heterocycles. The molecule has 0 aromatic heterocycles. The number of likely N-dealkylation sites (tertiary alicyclic amines) is 1. The number of aliphatic hydroxyl groups is 1. The molecule has 19 heavy (non-hydrogen) atoms. The second kappa shape index (κ2) is 5.31. The van der Waals surface area contributed by atoms with Gasteiger partial charge in [-0.3, -0.25) is 0 Å². The van der Waals surface area contributed by atoms with E-state index in [1.807, 2.05) is 25.7 Å². The van der Waals surface area contributed by atoms with Gasteiger partial charge in [-0.25, -0.2) is 4.79 Å². The first kappa shape index (κ1) is 14.6. The van der Waals surface area contributed by atoms with Crippen LogP contribution in [0.1, 0.15) is 52.9 Å². The Hall–Kier alpha value is -0.770. The third-order valence-corrected chi connectivity index (χ3v) is 4.51. The number of amides is 1. The Labute approximate surface area is 116 Å². The number of nitrogens with zero attached hydrogens (tertiary/aromatic N) is 1. The smallest absolute Gasteiger partial charge is 0.410 e. The van der Waals surface area contributed by atoms with Gasteiger partial charge in [0.25, 0.3) is 0 Å². The highest BCUT2D eigenvalue weighted by atomic mass is 16.6. The minimum Gasteiger partial charge on any atom is -0.444 e. The van der Waals surface area contributed by atoms with Gasteiger partial charge in [-0.15, -0.1) is 0 Å². The molecule has 1 aliphatic heterocycles. The summed E-state index contributed by atoms with van der Waals surface area (Å²) in [5.41, 5.74) is -0.121. The van der Waals surface area contributed by atoms with Crippen molar-refractivity contribution in [2.45, 2.75) is 58.5 Å². The molecule has 1 saturated heterocycles. The summed E-state index contributed by atoms with van der Waals surface area (Å²) in [6.45, 7) is 7.68. The number of hydrogen-bond acceptors (Lipinski definition) is 3. The normalized spacial score (nSPS) is 31.8. The van der Waals surface area contributed by atoms with Crippen molar-refractivity contribution in [2.24, 2.45) is 11.3 Å². The van der Waals surface area contributed by atoms with Gasteiger partial charge in [-0.2, -0.15) is 0 Å². The van der Waals surface area contributed by atoms with Gasteiger partial charge in [0.2, 0.25) is 0 Å². The average Bonchev–Trinajstić information content (AvgIpc) is 2.73. The fraction of sp³-hybridized carbons (Fsp3) is 0.933. The quantitative estimate of drug-likeness (QED) is 0.796. The van der Waals surface area contributed by atoms with E-state index in [4.69, 9.17) is 4.74 Å². The summed E-state index contributed by atoms with van der Waals surface area (Å²) in [7, 11) is 0. The summed E-state index contributed by atoms with van der Waals surface area (Å²) < 4.78 is 5.44. The van der Waals surface area contributed by atoms with Crippen molar-refractivity contribution in [1.82, 2.24) is 4.90 Å². The lowest BCUT2D eigenvalue weighted by Crippen LogP contribution is -2.38. The van der Waals surface area contributed by atoms with Crippen molar-refractivity contribution in [3.8, 4) is 0 Å². The Kier molecular flexibility index (Phi) is 4.09. The number of ether oxygens (including phenoxy) is 1. The molecule has 1 N–H and O–H groups in total. The molecular formula is C15H27NO3. The summed E-state index contributed by atoms with van der Waals surface area (Å²) >= 11 is 0. The van der Waals surface area contributed by atoms with E-state index >= 15 is 0 Å². The summed E-state index contributed by atoms with van der Waals surface area (Å²) in [4.78, 5) is 13.9. The Morgan fingerprint density at radius 2 is 1.95 bits per heavy atom. The minimum atomic E-state index is -0.415. The molecule has 0 aromatic carbocycles. The van der Waals surface area contributed by atoms with Crippen molar-refractivity contribution in [1.29, 1.82) is 0 Å². The van der Waals surface area contributed by atoms with Crippen molar-refractivity contribution in [2.75, 3.05) is 19.7 Å². The number of aliphatic hydroxyl groups excluding tert-OH is 1. The molecule has 4 nitrogen and oxygen atoms in total. The molecule has 1 aliphatic carbocycles. The van der Waals surface area contributed by atoms with Crippen molar-refractivity contribution in [3.05, 3.63) is 0 Å². The van der Waals surface area contributed by atoms with Gasteiger partial charge >= 0.3 is 6.09 Å². The van der Waals surface area contributed by atoms with Crippen molar-refractivity contribution >= 4 is 6.09 Å². The maximum absolute atomic E-state index is 12.1. The molecule has 2 rings (SSSR count). The van der Waals surface area contributed by atoms with Gasteiger partial charge in [0.05, 0.1) is 0 Å². The van der Waals surface area contributed by atoms with E-state index < -0.39 is 5.60 Å². The molecular weight excluding hydrogens is 242 g/mol. The van der Waals surface area contributed by atoms with E-state index in [1.165, 1.54) is 0 Å². The molecule has 2 fully saturated rings. The van der Waals surface area contributed by atoms with Crippen LogP contribution in [0.4, 0.5) is 4.79 Å². The van der Waals surface area contributed by atoms with Crippen LogP contribution in [0.2, 0.25) is 0 Å². The van der Waals surface area contributed by atoms with E-state index in [9.17, 15) is 9.90 Å². The topological polar surface area (TPSA) is 49.8 Å². The molecule has 4 heteroatoms. The van der Waals surface area contributed by atoms with Crippen LogP contribution in [-0.2, 0) is 4.74 Å². The van der Waals surface area contributed by atoms with Gasteiger partial charge in [0.1, 0.15) is 5.60 Å². The Balaban J connectivity index is 1.88. The van der Waals surface area contributed by atoms with Crippen LogP contribution >= 0.6 is 0 Å². The van der Waals surface area contributed by atoms with Crippen LogP contribution in [0.5, 0.6) is 0 Å². The molecule has 0 bridgehead atoms. The molecule has 1 amide bonds. The van der Waals surface area contributed by atoms with Crippen LogP contribution in [0, 0.1) is 11.3 Å². The minimum absolute atomic E-state index is 0.173. The zero-order chi connectivity index (χ0) is 14.1. The fourth-order valence-electron chi connectivity index (χ4n) is 3.30. The summed E-state index contributed by atoms with van der Waals surface area (Å²) in [6.07, 6.45) is 5.38. The highest BCUT2D eigenvalue weighted by Crippen LogP contribution is 2.45. The van der Waals surface area contributed by atoms with Crippen LogP contribution in [0.25, 0.3) is 0 Å². The molecule has 0 atom stereocenters. The predicted molar refractivity (Wildman–Crippen MR) is 73.9 cm³/mol. The average molecular weight is 269 g/mol. The summed E-state index contributed by atoms with van der Waals surface area (Å²) in [5.74, 6) is 0.473. The molecule has 0 radical (unpaired) electrons. The lowest BCUT2D eigenvalue weighted by Gasteiger charge is -2.36. The van der Waals surface area contributed by atoms with Crippen molar-refractivity contribution < 1.29 is 14.6 Å². The molecule has 0 unspecified atom stereocenters. The largest absolute Gasteiger partial charge is 0.444 e. The lowest BCUT2D eigenvalue weighted by molar-refractivity contribution is 0.0250. The maximum Gasteiger partial charge on any atom is 0.410 e. The van der Waals surface area contributed by atoms with Crippen LogP contribution in [0.15, 0.2) is 0 Å². The lowest BCUT2D eigenvalue weighted by atomic mass is 9.70. The van der Waals surface area contributed by atoms with Crippen LogP contribution < -0.4 is 0 Å². The molecule has 1 spiro atoms. The first-order valence-corrected chi connectivity index (χ1v) is 7.42. The predicted octanol–water partition coefficient (Wildman–Crippen LogP) is 2.80. The zero-order valence-corrected chi connectivity index (χ0v) is 12.4. The fourth-order valence-corrected chi connectivity index (χ4v) is 3.30. The monoisotopic (exact) mass is 269 g/mol. The van der Waals surface area contributed by atoms with E-state index in [2.05, 4.69) is 0 Å².